The van der Waals surface area contributed by atoms with E-state index in [2.05, 4.69) is 20.5 Å². The van der Waals surface area contributed by atoms with Crippen LogP contribution in [0.5, 0.6) is 11.5 Å². The molecule has 1 heterocycles. The van der Waals surface area contributed by atoms with Crippen LogP contribution in [-0.2, 0) is 0 Å². The Morgan fingerprint density at radius 1 is 1.10 bits per heavy atom. The van der Waals surface area contributed by atoms with E-state index in [1.807, 2.05) is 30.3 Å². The molecule has 0 fully saturated rings. The van der Waals surface area contributed by atoms with Crippen LogP contribution in [0.1, 0.15) is 0 Å². The van der Waals surface area contributed by atoms with Gasteiger partial charge in [-0.3, -0.25) is 0 Å². The van der Waals surface area contributed by atoms with Crippen LogP contribution in [-0.4, -0.2) is 15.2 Å². The van der Waals surface area contributed by atoms with Crippen LogP contribution in [0.15, 0.2) is 48.5 Å². The van der Waals surface area contributed by atoms with E-state index in [-0.39, 0.29) is 5.95 Å². The van der Waals surface area contributed by atoms with Crippen molar-refractivity contribution in [1.82, 2.24) is 15.2 Å². The Kier molecular flexibility index (Phi) is 3.61. The van der Waals surface area contributed by atoms with E-state index >= 15 is 0 Å². The predicted molar refractivity (Wildman–Crippen MR) is 82.0 cm³/mol. The molecule has 0 atom stereocenters. The number of hydrogen-bond donors (Lipinski definition) is 3. The van der Waals surface area contributed by atoms with E-state index in [1.54, 1.807) is 18.2 Å². The molecule has 6 nitrogen and oxygen atoms in total. The fourth-order valence-corrected chi connectivity index (χ4v) is 2.00. The SMILES string of the molecule is Nc1nc(Nc2cc(Cl)cc(Oc3ccccc3)c2)n[nH]1. The van der Waals surface area contributed by atoms with Gasteiger partial charge in [-0.1, -0.05) is 29.8 Å². The van der Waals surface area contributed by atoms with Gasteiger partial charge in [-0.05, 0) is 24.3 Å². The molecule has 0 saturated carbocycles. The van der Waals surface area contributed by atoms with Gasteiger partial charge in [0.2, 0.25) is 11.9 Å². The van der Waals surface area contributed by atoms with Crippen molar-refractivity contribution in [2.24, 2.45) is 0 Å². The summed E-state index contributed by atoms with van der Waals surface area (Å²) in [6.07, 6.45) is 0. The smallest absolute Gasteiger partial charge is 0.248 e. The second-order valence-corrected chi connectivity index (χ2v) is 4.70. The second kappa shape index (κ2) is 5.72. The topological polar surface area (TPSA) is 88.8 Å². The average molecular weight is 302 g/mol. The maximum Gasteiger partial charge on any atom is 0.248 e. The highest BCUT2D eigenvalue weighted by molar-refractivity contribution is 6.31. The molecule has 0 bridgehead atoms. The molecule has 0 spiro atoms. The number of nitrogens with one attached hydrogen (secondary N) is 2. The number of benzene rings is 2. The van der Waals surface area contributed by atoms with Crippen molar-refractivity contribution in [2.45, 2.75) is 0 Å². The molecule has 0 aliphatic carbocycles. The van der Waals surface area contributed by atoms with Crippen molar-refractivity contribution < 1.29 is 4.74 Å². The van der Waals surface area contributed by atoms with Crippen LogP contribution in [0.25, 0.3) is 0 Å². The standard InChI is InChI=1S/C14H12ClN5O/c15-9-6-10(17-14-18-13(16)19-20-14)8-12(7-9)21-11-4-2-1-3-5-11/h1-8H,(H4,16,17,18,19,20). The van der Waals surface area contributed by atoms with Crippen molar-refractivity contribution in [3.63, 3.8) is 0 Å². The van der Waals surface area contributed by atoms with Gasteiger partial charge in [0, 0.05) is 16.8 Å². The van der Waals surface area contributed by atoms with Gasteiger partial charge < -0.3 is 15.8 Å². The summed E-state index contributed by atoms with van der Waals surface area (Å²) >= 11 is 6.09. The fourth-order valence-electron chi connectivity index (χ4n) is 1.78. The third kappa shape index (κ3) is 3.43. The quantitative estimate of drug-likeness (QED) is 0.685. The largest absolute Gasteiger partial charge is 0.457 e. The molecule has 0 aliphatic heterocycles. The lowest BCUT2D eigenvalue weighted by atomic mass is 10.3. The maximum absolute atomic E-state index is 6.09. The number of halogens is 1. The first-order valence-electron chi connectivity index (χ1n) is 6.17. The van der Waals surface area contributed by atoms with E-state index in [0.29, 0.717) is 22.4 Å². The number of H-pyrrole nitrogens is 1. The number of ether oxygens (including phenoxy) is 1. The molecule has 106 valence electrons. The number of aromatic nitrogens is 3. The molecular weight excluding hydrogens is 290 g/mol. The Hall–Kier alpha value is -2.73. The Morgan fingerprint density at radius 2 is 1.90 bits per heavy atom. The lowest BCUT2D eigenvalue weighted by Gasteiger charge is -2.09. The number of aromatic amines is 1. The number of nitrogens with zero attached hydrogens (tertiary/aromatic N) is 2. The lowest BCUT2D eigenvalue weighted by molar-refractivity contribution is 0.483. The van der Waals surface area contributed by atoms with E-state index in [4.69, 9.17) is 22.1 Å². The summed E-state index contributed by atoms with van der Waals surface area (Å²) in [5.41, 5.74) is 6.18. The summed E-state index contributed by atoms with van der Waals surface area (Å²) in [6.45, 7) is 0. The van der Waals surface area contributed by atoms with Crippen molar-refractivity contribution in [3.8, 4) is 11.5 Å². The Bertz CT molecular complexity index is 744. The normalized spacial score (nSPS) is 10.3. The average Bonchev–Trinajstić information content (AvgIpc) is 2.84. The van der Waals surface area contributed by atoms with Crippen LogP contribution in [0.4, 0.5) is 17.6 Å². The number of nitrogen functional groups attached to an aromatic ring is 1. The molecule has 2 aromatic carbocycles. The predicted octanol–water partition coefficient (Wildman–Crippen LogP) is 3.58. The first-order chi connectivity index (χ1) is 10.2. The van der Waals surface area contributed by atoms with Crippen LogP contribution in [0.2, 0.25) is 5.02 Å². The molecule has 3 rings (SSSR count). The first-order valence-corrected chi connectivity index (χ1v) is 6.55. The van der Waals surface area contributed by atoms with E-state index in [0.717, 1.165) is 5.75 Å². The minimum Gasteiger partial charge on any atom is -0.457 e. The summed E-state index contributed by atoms with van der Waals surface area (Å²) in [7, 11) is 0. The highest BCUT2D eigenvalue weighted by atomic mass is 35.5. The van der Waals surface area contributed by atoms with Crippen molar-refractivity contribution in [2.75, 3.05) is 11.1 Å². The zero-order chi connectivity index (χ0) is 14.7. The molecule has 3 aromatic rings. The fraction of sp³-hybridized carbons (Fsp3) is 0. The molecule has 21 heavy (non-hydrogen) atoms. The maximum atomic E-state index is 6.09. The lowest BCUT2D eigenvalue weighted by Crippen LogP contribution is -1.94. The number of para-hydroxylation sites is 1. The van der Waals surface area contributed by atoms with Crippen molar-refractivity contribution in [1.29, 1.82) is 0 Å². The number of hydrogen-bond acceptors (Lipinski definition) is 5. The van der Waals surface area contributed by atoms with Gasteiger partial charge in [0.15, 0.2) is 0 Å². The minimum atomic E-state index is 0.236. The first kappa shape index (κ1) is 13.3. The van der Waals surface area contributed by atoms with Gasteiger partial charge in [-0.25, -0.2) is 5.10 Å². The molecule has 0 radical (unpaired) electrons. The number of rotatable bonds is 4. The molecule has 0 unspecified atom stereocenters. The highest BCUT2D eigenvalue weighted by Crippen LogP contribution is 2.29. The van der Waals surface area contributed by atoms with Crippen molar-refractivity contribution in [3.05, 3.63) is 53.6 Å². The molecule has 1 aromatic heterocycles. The van der Waals surface area contributed by atoms with Gasteiger partial charge >= 0.3 is 0 Å². The van der Waals surface area contributed by atoms with E-state index in [9.17, 15) is 0 Å². The Morgan fingerprint density at radius 3 is 2.62 bits per heavy atom. The van der Waals surface area contributed by atoms with Gasteiger partial charge in [0.25, 0.3) is 0 Å². The van der Waals surface area contributed by atoms with Crippen molar-refractivity contribution >= 4 is 29.2 Å². The summed E-state index contributed by atoms with van der Waals surface area (Å²) < 4.78 is 5.74. The molecular formula is C14H12ClN5O. The van der Waals surface area contributed by atoms with Gasteiger partial charge in [-0.15, -0.1) is 5.10 Å². The number of anilines is 3. The van der Waals surface area contributed by atoms with Crippen LogP contribution in [0, 0.1) is 0 Å². The summed E-state index contributed by atoms with van der Waals surface area (Å²) in [5, 5.41) is 9.98. The zero-order valence-electron chi connectivity index (χ0n) is 10.9. The minimum absolute atomic E-state index is 0.236. The van der Waals surface area contributed by atoms with Gasteiger partial charge in [0.05, 0.1) is 0 Å². The third-order valence-electron chi connectivity index (χ3n) is 2.61. The summed E-state index contributed by atoms with van der Waals surface area (Å²) in [5.74, 6) is 1.94. The zero-order valence-corrected chi connectivity index (χ0v) is 11.6. The van der Waals surface area contributed by atoms with Crippen LogP contribution >= 0.6 is 11.6 Å². The Balaban J connectivity index is 1.82. The van der Waals surface area contributed by atoms with Gasteiger partial charge in [0.1, 0.15) is 11.5 Å². The Labute approximate surface area is 125 Å². The van der Waals surface area contributed by atoms with E-state index < -0.39 is 0 Å². The summed E-state index contributed by atoms with van der Waals surface area (Å²) in [4.78, 5) is 3.97. The van der Waals surface area contributed by atoms with E-state index in [1.165, 1.54) is 0 Å². The molecule has 0 saturated heterocycles. The highest BCUT2D eigenvalue weighted by Gasteiger charge is 2.05. The molecule has 0 amide bonds. The molecule has 4 N–H and O–H groups in total. The van der Waals surface area contributed by atoms with Crippen LogP contribution < -0.4 is 15.8 Å². The molecule has 0 aliphatic rings. The van der Waals surface area contributed by atoms with Gasteiger partial charge in [-0.2, -0.15) is 4.98 Å². The summed E-state index contributed by atoms with van der Waals surface area (Å²) in [6, 6.07) is 14.7. The number of nitrogens with two attached hydrogens (primary N) is 1. The molecule has 7 heteroatoms. The monoisotopic (exact) mass is 301 g/mol. The second-order valence-electron chi connectivity index (χ2n) is 4.26. The van der Waals surface area contributed by atoms with Crippen LogP contribution in [0.3, 0.4) is 0 Å². The third-order valence-corrected chi connectivity index (χ3v) is 2.83.